The highest BCUT2D eigenvalue weighted by molar-refractivity contribution is 4.87. The summed E-state index contributed by atoms with van der Waals surface area (Å²) in [5.74, 6) is 0. The first-order valence-corrected chi connectivity index (χ1v) is 4.20. The van der Waals surface area contributed by atoms with Crippen LogP contribution in [0.1, 0.15) is 40.0 Å². The quantitative estimate of drug-likeness (QED) is 0.546. The molecule has 0 aromatic rings. The lowest BCUT2D eigenvalue weighted by atomic mass is 9.89. The van der Waals surface area contributed by atoms with Crippen LogP contribution in [0.5, 0.6) is 0 Å². The van der Waals surface area contributed by atoms with Crippen LogP contribution in [0.3, 0.4) is 0 Å². The molecule has 11 heavy (non-hydrogen) atoms. The van der Waals surface area contributed by atoms with Gasteiger partial charge in [-0.1, -0.05) is 0 Å². The largest absolute Gasteiger partial charge is 0.253 e. The van der Waals surface area contributed by atoms with Crippen molar-refractivity contribution in [2.24, 2.45) is 5.29 Å². The summed E-state index contributed by atoms with van der Waals surface area (Å²) in [6.07, 6.45) is 3.37. The highest BCUT2D eigenvalue weighted by Crippen LogP contribution is 2.31. The second kappa shape index (κ2) is 2.80. The smallest absolute Gasteiger partial charge is 0.0558 e. The maximum atomic E-state index is 10.5. The summed E-state index contributed by atoms with van der Waals surface area (Å²) in [6, 6.07) is 0.316. The summed E-state index contributed by atoms with van der Waals surface area (Å²) in [7, 11) is 0. The third-order valence-electron chi connectivity index (χ3n) is 2.54. The van der Waals surface area contributed by atoms with E-state index < -0.39 is 0 Å². The highest BCUT2D eigenvalue weighted by Gasteiger charge is 2.34. The van der Waals surface area contributed by atoms with Gasteiger partial charge in [0, 0.05) is 6.04 Å². The summed E-state index contributed by atoms with van der Waals surface area (Å²) in [5.41, 5.74) is -0.0284. The van der Waals surface area contributed by atoms with Crippen LogP contribution in [-0.2, 0) is 0 Å². The Labute approximate surface area is 67.7 Å². The first-order valence-electron chi connectivity index (χ1n) is 4.20. The molecule has 3 nitrogen and oxygen atoms in total. The first-order chi connectivity index (χ1) is 5.08. The second-order valence-corrected chi connectivity index (χ2v) is 3.98. The Bertz CT molecular complexity index is 156. The predicted octanol–water partition coefficient (Wildman–Crippen LogP) is 2.32. The normalized spacial score (nSPS) is 30.1. The Morgan fingerprint density at radius 1 is 1.55 bits per heavy atom. The van der Waals surface area contributed by atoms with Crippen LogP contribution in [0.25, 0.3) is 0 Å². The zero-order valence-electron chi connectivity index (χ0n) is 7.50. The molecule has 1 heterocycles. The van der Waals surface area contributed by atoms with E-state index in [9.17, 15) is 4.91 Å². The van der Waals surface area contributed by atoms with Crippen LogP contribution in [0, 0.1) is 4.91 Å². The molecule has 0 aromatic carbocycles. The molecule has 0 radical (unpaired) electrons. The number of hydrogen-bond acceptors (Lipinski definition) is 2. The molecule has 3 heteroatoms. The van der Waals surface area contributed by atoms with Crippen LogP contribution in [0.4, 0.5) is 0 Å². The third kappa shape index (κ3) is 1.52. The molecule has 1 aliphatic heterocycles. The maximum absolute atomic E-state index is 10.5. The summed E-state index contributed by atoms with van der Waals surface area (Å²) >= 11 is 0. The molecular weight excluding hydrogens is 140 g/mol. The molecule has 1 saturated heterocycles. The Morgan fingerprint density at radius 3 is 2.55 bits per heavy atom. The van der Waals surface area contributed by atoms with Gasteiger partial charge in [-0.15, -0.1) is 4.91 Å². The molecular formula is C8H16N2O. The number of rotatable bonds is 1. The van der Waals surface area contributed by atoms with E-state index in [2.05, 4.69) is 26.1 Å². The average molecular weight is 156 g/mol. The summed E-state index contributed by atoms with van der Waals surface area (Å²) in [6.45, 7) is 6.20. The molecule has 1 rings (SSSR count). The van der Waals surface area contributed by atoms with Crippen LogP contribution >= 0.6 is 0 Å². The summed E-state index contributed by atoms with van der Waals surface area (Å²) in [4.78, 5) is 10.5. The molecule has 0 aromatic heterocycles. The van der Waals surface area contributed by atoms with Crippen molar-refractivity contribution in [1.29, 1.82) is 0 Å². The van der Waals surface area contributed by atoms with E-state index in [-0.39, 0.29) is 5.54 Å². The van der Waals surface area contributed by atoms with Gasteiger partial charge < -0.3 is 0 Å². The van der Waals surface area contributed by atoms with Crippen molar-refractivity contribution in [3.05, 3.63) is 4.91 Å². The monoisotopic (exact) mass is 156 g/mol. The fourth-order valence-corrected chi connectivity index (χ4v) is 1.85. The Kier molecular flexibility index (Phi) is 2.16. The van der Waals surface area contributed by atoms with Crippen molar-refractivity contribution in [2.45, 2.75) is 51.6 Å². The van der Waals surface area contributed by atoms with Crippen molar-refractivity contribution >= 4 is 0 Å². The maximum Gasteiger partial charge on any atom is 0.0558 e. The fraction of sp³-hybridized carbons (Fsp3) is 1.00. The van der Waals surface area contributed by atoms with E-state index in [4.69, 9.17) is 0 Å². The number of piperidine rings is 1. The minimum absolute atomic E-state index is 0.0284. The van der Waals surface area contributed by atoms with Gasteiger partial charge in [0.2, 0.25) is 0 Å². The second-order valence-electron chi connectivity index (χ2n) is 3.98. The molecule has 64 valence electrons. The van der Waals surface area contributed by atoms with Crippen LogP contribution < -0.4 is 0 Å². The zero-order valence-corrected chi connectivity index (χ0v) is 7.50. The minimum Gasteiger partial charge on any atom is -0.253 e. The van der Waals surface area contributed by atoms with Crippen LogP contribution in [0.2, 0.25) is 0 Å². The van der Waals surface area contributed by atoms with Crippen LogP contribution in [-0.4, -0.2) is 16.6 Å². The van der Waals surface area contributed by atoms with Gasteiger partial charge in [0.1, 0.15) is 0 Å². The average Bonchev–Trinajstić information content (AvgIpc) is 1.86. The highest BCUT2D eigenvalue weighted by atomic mass is 16.3. The molecule has 0 amide bonds. The van der Waals surface area contributed by atoms with Crippen molar-refractivity contribution < 1.29 is 0 Å². The number of hydrogen-bond donors (Lipinski definition) is 0. The Balaban J connectivity index is 2.72. The SMILES string of the molecule is CC1CCCC(C)(C)N1N=O. The Hall–Kier alpha value is -0.600. The zero-order chi connectivity index (χ0) is 8.48. The number of nitrogens with zero attached hydrogens (tertiary/aromatic N) is 2. The molecule has 1 aliphatic rings. The summed E-state index contributed by atoms with van der Waals surface area (Å²) < 4.78 is 0. The van der Waals surface area contributed by atoms with Gasteiger partial charge in [-0.25, -0.2) is 0 Å². The van der Waals surface area contributed by atoms with Gasteiger partial charge in [-0.2, -0.15) is 0 Å². The van der Waals surface area contributed by atoms with Gasteiger partial charge >= 0.3 is 0 Å². The molecule has 1 fully saturated rings. The predicted molar refractivity (Wildman–Crippen MR) is 45.0 cm³/mol. The molecule has 0 bridgehead atoms. The molecule has 0 N–H and O–H groups in total. The lowest BCUT2D eigenvalue weighted by Crippen LogP contribution is -2.48. The van der Waals surface area contributed by atoms with E-state index in [0.717, 1.165) is 12.8 Å². The van der Waals surface area contributed by atoms with Crippen molar-refractivity contribution in [2.75, 3.05) is 0 Å². The van der Waals surface area contributed by atoms with Crippen LogP contribution in [0.15, 0.2) is 5.29 Å². The lowest BCUT2D eigenvalue weighted by molar-refractivity contribution is 0.0325. The van der Waals surface area contributed by atoms with Crippen molar-refractivity contribution in [3.63, 3.8) is 0 Å². The topological polar surface area (TPSA) is 32.7 Å². The van der Waals surface area contributed by atoms with E-state index in [1.165, 1.54) is 6.42 Å². The van der Waals surface area contributed by atoms with E-state index >= 15 is 0 Å². The summed E-state index contributed by atoms with van der Waals surface area (Å²) in [5, 5.41) is 4.76. The standard InChI is InChI=1S/C8H16N2O/c1-7-5-4-6-8(2,3)10(7)9-11/h7H,4-6H2,1-3H3. The van der Waals surface area contributed by atoms with Crippen molar-refractivity contribution in [3.8, 4) is 0 Å². The molecule has 0 spiro atoms. The fourth-order valence-electron chi connectivity index (χ4n) is 1.85. The minimum atomic E-state index is -0.0284. The van der Waals surface area contributed by atoms with Crippen molar-refractivity contribution in [1.82, 2.24) is 5.01 Å². The van der Waals surface area contributed by atoms with Gasteiger partial charge in [0.25, 0.3) is 0 Å². The number of nitroso groups, excluding NO2 is 1. The first kappa shape index (κ1) is 8.50. The van der Waals surface area contributed by atoms with Gasteiger partial charge in [0.15, 0.2) is 0 Å². The lowest BCUT2D eigenvalue weighted by Gasteiger charge is -2.42. The van der Waals surface area contributed by atoms with E-state index in [0.29, 0.717) is 6.04 Å². The Morgan fingerprint density at radius 2 is 2.18 bits per heavy atom. The molecule has 0 saturated carbocycles. The third-order valence-corrected chi connectivity index (χ3v) is 2.54. The van der Waals surface area contributed by atoms with E-state index in [1.807, 2.05) is 0 Å². The van der Waals surface area contributed by atoms with Gasteiger partial charge in [-0.05, 0) is 40.0 Å². The van der Waals surface area contributed by atoms with Gasteiger partial charge in [0.05, 0.1) is 10.8 Å². The molecule has 0 aliphatic carbocycles. The van der Waals surface area contributed by atoms with E-state index in [1.54, 1.807) is 5.01 Å². The van der Waals surface area contributed by atoms with Gasteiger partial charge in [-0.3, -0.25) is 5.01 Å². The molecule has 1 unspecified atom stereocenters. The molecule has 1 atom stereocenters.